The molecule has 1 saturated heterocycles. The minimum absolute atomic E-state index is 0.144. The number of carbonyl (C=O) groups is 2. The Hall–Kier alpha value is -2.09. The van der Waals surface area contributed by atoms with E-state index >= 15 is 0 Å². The number of anilines is 1. The monoisotopic (exact) mass is 368 g/mol. The summed E-state index contributed by atoms with van der Waals surface area (Å²) in [5, 5.41) is 2.68. The van der Waals surface area contributed by atoms with E-state index in [4.69, 9.17) is 4.74 Å². The summed E-state index contributed by atoms with van der Waals surface area (Å²) in [6.07, 6.45) is 1.07. The zero-order valence-corrected chi connectivity index (χ0v) is 15.5. The van der Waals surface area contributed by atoms with Gasteiger partial charge in [-0.3, -0.25) is 9.10 Å². The molecule has 25 heavy (non-hydrogen) atoms. The summed E-state index contributed by atoms with van der Waals surface area (Å²) in [5.74, 6) is -0.522. The van der Waals surface area contributed by atoms with Gasteiger partial charge in [0, 0.05) is 12.1 Å². The van der Waals surface area contributed by atoms with Gasteiger partial charge in [0.05, 0.1) is 18.6 Å². The number of amides is 1. The van der Waals surface area contributed by atoms with E-state index in [0.717, 1.165) is 0 Å². The van der Waals surface area contributed by atoms with Crippen LogP contribution in [0.15, 0.2) is 24.3 Å². The SMILES string of the molecule is COC(=O)C(CC(C)C)NC(=O)c1ccc(N2CCCS2(=O)=O)cc1. The second-order valence-electron chi connectivity index (χ2n) is 6.47. The standard InChI is InChI=1S/C17H24N2O5S/c1-12(2)11-15(17(21)24-3)18-16(20)13-5-7-14(8-6-13)19-9-4-10-25(19,22)23/h5-8,12,15H,4,9-11H2,1-3H3,(H,18,20). The van der Waals surface area contributed by atoms with Crippen LogP contribution < -0.4 is 9.62 Å². The highest BCUT2D eigenvalue weighted by molar-refractivity contribution is 7.93. The van der Waals surface area contributed by atoms with Gasteiger partial charge in [-0.1, -0.05) is 13.8 Å². The Morgan fingerprint density at radius 2 is 1.88 bits per heavy atom. The molecule has 0 aliphatic carbocycles. The summed E-state index contributed by atoms with van der Waals surface area (Å²) in [6.45, 7) is 4.35. The van der Waals surface area contributed by atoms with Gasteiger partial charge in [-0.05, 0) is 43.0 Å². The molecule has 2 rings (SSSR count). The van der Waals surface area contributed by atoms with E-state index in [-0.39, 0.29) is 11.7 Å². The summed E-state index contributed by atoms with van der Waals surface area (Å²) in [5.41, 5.74) is 0.902. The van der Waals surface area contributed by atoms with Crippen LogP contribution in [0.4, 0.5) is 5.69 Å². The predicted octanol–water partition coefficient (Wildman–Crippen LogP) is 1.54. The Bertz CT molecular complexity index is 728. The van der Waals surface area contributed by atoms with Gasteiger partial charge in [0.2, 0.25) is 10.0 Å². The number of nitrogens with one attached hydrogen (secondary N) is 1. The van der Waals surface area contributed by atoms with Crippen LogP contribution in [0.1, 0.15) is 37.0 Å². The molecule has 1 N–H and O–H groups in total. The van der Waals surface area contributed by atoms with Crippen molar-refractivity contribution < 1.29 is 22.7 Å². The van der Waals surface area contributed by atoms with Crippen LogP contribution in [-0.4, -0.2) is 45.7 Å². The molecule has 0 bridgehead atoms. The highest BCUT2D eigenvalue weighted by Gasteiger charge is 2.28. The van der Waals surface area contributed by atoms with Gasteiger partial charge in [-0.25, -0.2) is 13.2 Å². The average molecular weight is 368 g/mol. The maximum absolute atomic E-state index is 12.4. The molecule has 1 unspecified atom stereocenters. The average Bonchev–Trinajstić information content (AvgIpc) is 2.92. The van der Waals surface area contributed by atoms with Crippen molar-refractivity contribution in [2.75, 3.05) is 23.7 Å². The van der Waals surface area contributed by atoms with Gasteiger partial charge in [0.25, 0.3) is 5.91 Å². The number of esters is 1. The normalized spacial score (nSPS) is 17.4. The molecule has 1 fully saturated rings. The molecule has 1 aliphatic heterocycles. The second-order valence-corrected chi connectivity index (χ2v) is 8.48. The van der Waals surface area contributed by atoms with Gasteiger partial charge < -0.3 is 10.1 Å². The Labute approximate surface area is 148 Å². The Morgan fingerprint density at radius 3 is 2.36 bits per heavy atom. The number of nitrogens with zero attached hydrogens (tertiary/aromatic N) is 1. The highest BCUT2D eigenvalue weighted by Crippen LogP contribution is 2.24. The number of hydrogen-bond donors (Lipinski definition) is 1. The lowest BCUT2D eigenvalue weighted by Crippen LogP contribution is -2.42. The molecule has 0 saturated carbocycles. The van der Waals surface area contributed by atoms with Crippen molar-refractivity contribution in [2.24, 2.45) is 5.92 Å². The number of hydrogen-bond acceptors (Lipinski definition) is 5. The summed E-state index contributed by atoms with van der Waals surface area (Å²) >= 11 is 0. The molecule has 7 nitrogen and oxygen atoms in total. The molecule has 1 aromatic rings. The molecule has 0 spiro atoms. The largest absolute Gasteiger partial charge is 0.467 e. The summed E-state index contributed by atoms with van der Waals surface area (Å²) in [6, 6.07) is 5.61. The first-order chi connectivity index (χ1) is 11.7. The van der Waals surface area contributed by atoms with Crippen LogP contribution >= 0.6 is 0 Å². The quantitative estimate of drug-likeness (QED) is 0.769. The zero-order chi connectivity index (χ0) is 18.6. The van der Waals surface area contributed by atoms with Gasteiger partial charge in [0.15, 0.2) is 0 Å². The first-order valence-electron chi connectivity index (χ1n) is 8.23. The van der Waals surface area contributed by atoms with E-state index in [1.165, 1.54) is 11.4 Å². The fourth-order valence-electron chi connectivity index (χ4n) is 2.78. The molecule has 1 heterocycles. The number of carbonyl (C=O) groups excluding carboxylic acids is 2. The molecule has 0 aromatic heterocycles. The Kier molecular flexibility index (Phi) is 6.05. The maximum Gasteiger partial charge on any atom is 0.328 e. The third-order valence-electron chi connectivity index (χ3n) is 4.01. The second kappa shape index (κ2) is 7.86. The minimum atomic E-state index is -3.25. The molecule has 8 heteroatoms. The van der Waals surface area contributed by atoms with E-state index in [1.54, 1.807) is 24.3 Å². The first-order valence-corrected chi connectivity index (χ1v) is 9.84. The predicted molar refractivity (Wildman–Crippen MR) is 94.9 cm³/mol. The molecule has 138 valence electrons. The van der Waals surface area contributed by atoms with E-state index in [0.29, 0.717) is 30.6 Å². The lowest BCUT2D eigenvalue weighted by atomic mass is 10.0. The molecule has 1 atom stereocenters. The van der Waals surface area contributed by atoms with Crippen molar-refractivity contribution in [1.82, 2.24) is 5.32 Å². The maximum atomic E-state index is 12.4. The van der Waals surface area contributed by atoms with Gasteiger partial charge in [-0.15, -0.1) is 0 Å². The molecular formula is C17H24N2O5S. The van der Waals surface area contributed by atoms with Crippen molar-refractivity contribution in [3.8, 4) is 0 Å². The molecule has 0 radical (unpaired) electrons. The highest BCUT2D eigenvalue weighted by atomic mass is 32.2. The zero-order valence-electron chi connectivity index (χ0n) is 14.7. The third-order valence-corrected chi connectivity index (χ3v) is 5.88. The van der Waals surface area contributed by atoms with Crippen molar-refractivity contribution in [3.63, 3.8) is 0 Å². The van der Waals surface area contributed by atoms with Gasteiger partial charge in [-0.2, -0.15) is 0 Å². The number of methoxy groups -OCH3 is 1. The summed E-state index contributed by atoms with van der Waals surface area (Å²) in [7, 11) is -1.96. The number of rotatable bonds is 6. The Balaban J connectivity index is 2.10. The number of ether oxygens (including phenoxy) is 1. The van der Waals surface area contributed by atoms with E-state index < -0.39 is 27.9 Å². The lowest BCUT2D eigenvalue weighted by Gasteiger charge is -2.19. The van der Waals surface area contributed by atoms with Crippen LogP contribution in [0.5, 0.6) is 0 Å². The van der Waals surface area contributed by atoms with Gasteiger partial charge in [0.1, 0.15) is 6.04 Å². The van der Waals surface area contributed by atoms with E-state index in [1.807, 2.05) is 13.8 Å². The third kappa shape index (κ3) is 4.72. The van der Waals surface area contributed by atoms with Crippen molar-refractivity contribution >= 4 is 27.6 Å². The summed E-state index contributed by atoms with van der Waals surface area (Å²) in [4.78, 5) is 24.2. The van der Waals surface area contributed by atoms with Crippen LogP contribution in [0.25, 0.3) is 0 Å². The molecule has 1 aromatic carbocycles. The van der Waals surface area contributed by atoms with Crippen LogP contribution in [0.2, 0.25) is 0 Å². The van der Waals surface area contributed by atoms with Crippen LogP contribution in [0, 0.1) is 5.92 Å². The van der Waals surface area contributed by atoms with E-state index in [2.05, 4.69) is 5.32 Å². The molecule has 1 aliphatic rings. The summed E-state index contributed by atoms with van der Waals surface area (Å²) < 4.78 is 29.9. The lowest BCUT2D eigenvalue weighted by molar-refractivity contribution is -0.143. The molecular weight excluding hydrogens is 344 g/mol. The fourth-order valence-corrected chi connectivity index (χ4v) is 4.34. The van der Waals surface area contributed by atoms with Crippen molar-refractivity contribution in [3.05, 3.63) is 29.8 Å². The van der Waals surface area contributed by atoms with Crippen LogP contribution in [-0.2, 0) is 19.6 Å². The number of benzene rings is 1. The molecule has 1 amide bonds. The van der Waals surface area contributed by atoms with Crippen molar-refractivity contribution in [2.45, 2.75) is 32.7 Å². The van der Waals surface area contributed by atoms with Crippen molar-refractivity contribution in [1.29, 1.82) is 0 Å². The number of sulfonamides is 1. The first kappa shape index (κ1) is 19.2. The topological polar surface area (TPSA) is 92.8 Å². The van der Waals surface area contributed by atoms with E-state index in [9.17, 15) is 18.0 Å². The minimum Gasteiger partial charge on any atom is -0.467 e. The Morgan fingerprint density at radius 1 is 1.24 bits per heavy atom. The van der Waals surface area contributed by atoms with Gasteiger partial charge >= 0.3 is 5.97 Å². The van der Waals surface area contributed by atoms with Crippen LogP contribution in [0.3, 0.4) is 0 Å². The fraction of sp³-hybridized carbons (Fsp3) is 0.529. The smallest absolute Gasteiger partial charge is 0.328 e.